The number of nitrogens with two attached hydrogens (primary N) is 1. The Morgan fingerprint density at radius 1 is 1.56 bits per heavy atom. The van der Waals surface area contributed by atoms with Gasteiger partial charge in [-0.1, -0.05) is 26.7 Å². The summed E-state index contributed by atoms with van der Waals surface area (Å²) in [5.74, 6) is 0. The highest BCUT2D eigenvalue weighted by Crippen LogP contribution is 2.16. The van der Waals surface area contributed by atoms with Crippen LogP contribution < -0.4 is 5.73 Å². The molecule has 56 valence electrons. The molecule has 0 aliphatic heterocycles. The molecule has 0 aliphatic rings. The van der Waals surface area contributed by atoms with Crippen molar-refractivity contribution in [2.75, 3.05) is 6.54 Å². The summed E-state index contributed by atoms with van der Waals surface area (Å²) in [7, 11) is 0. The Kier molecular flexibility index (Phi) is 4.32. The molecule has 0 bridgehead atoms. The van der Waals surface area contributed by atoms with Crippen LogP contribution in [0.15, 0.2) is 0 Å². The van der Waals surface area contributed by atoms with Crippen molar-refractivity contribution >= 4 is 12.6 Å². The molecule has 9 heavy (non-hydrogen) atoms. The van der Waals surface area contributed by atoms with Crippen LogP contribution >= 0.6 is 0 Å². The smallest absolute Gasteiger partial charge is 0.00778 e. The predicted molar refractivity (Wildman–Crippen MR) is 44.3 cm³/mol. The molecule has 1 atom stereocenters. The lowest BCUT2D eigenvalue weighted by molar-refractivity contribution is 0.550. The van der Waals surface area contributed by atoms with E-state index in [9.17, 15) is 0 Å². The average Bonchev–Trinajstić information content (AvgIpc) is 1.84. The van der Waals surface area contributed by atoms with Crippen LogP contribution in [0.2, 0.25) is 0 Å². The molecule has 2 N–H and O–H groups in total. The molecule has 0 aromatic rings. The Bertz CT molecular complexity index is 71.3. The maximum Gasteiger partial charge on any atom is -0.00778 e. The van der Waals surface area contributed by atoms with Crippen LogP contribution in [0.1, 0.15) is 33.1 Å². The second kappa shape index (κ2) is 4.18. The second-order valence-electron chi connectivity index (χ2n) is 2.70. The van der Waals surface area contributed by atoms with Crippen molar-refractivity contribution in [1.82, 2.24) is 0 Å². The van der Waals surface area contributed by atoms with Gasteiger partial charge < -0.3 is 18.4 Å². The monoisotopic (exact) mass is 146 g/mol. The van der Waals surface area contributed by atoms with Crippen LogP contribution in [0.25, 0.3) is 0 Å². The summed E-state index contributed by atoms with van der Waals surface area (Å²) in [5, 5.41) is 0. The maximum absolute atomic E-state index is 5.34. The van der Waals surface area contributed by atoms with Crippen molar-refractivity contribution in [1.29, 1.82) is 0 Å². The molecule has 0 spiro atoms. The molecule has 0 aliphatic carbocycles. The SMILES string of the molecule is CCC(C)([S-])CCCN. The van der Waals surface area contributed by atoms with Gasteiger partial charge >= 0.3 is 0 Å². The van der Waals surface area contributed by atoms with E-state index in [1.807, 2.05) is 0 Å². The highest BCUT2D eigenvalue weighted by Gasteiger charge is 2.02. The van der Waals surface area contributed by atoms with Crippen molar-refractivity contribution in [3.8, 4) is 0 Å². The molecule has 0 rings (SSSR count). The number of rotatable bonds is 4. The maximum atomic E-state index is 5.34. The normalized spacial score (nSPS) is 17.3. The summed E-state index contributed by atoms with van der Waals surface area (Å²) in [6, 6.07) is 0. The number of hydrogen-bond donors (Lipinski definition) is 1. The van der Waals surface area contributed by atoms with Gasteiger partial charge in [-0.25, -0.2) is 0 Å². The quantitative estimate of drug-likeness (QED) is 0.607. The van der Waals surface area contributed by atoms with Gasteiger partial charge in [0.15, 0.2) is 0 Å². The van der Waals surface area contributed by atoms with Crippen LogP contribution in [0, 0.1) is 0 Å². The molecule has 1 nitrogen and oxygen atoms in total. The van der Waals surface area contributed by atoms with Gasteiger partial charge in [0, 0.05) is 0 Å². The Hall–Kier alpha value is 0.310. The summed E-state index contributed by atoms with van der Waals surface area (Å²) >= 11 is 5.25. The fourth-order valence-electron chi connectivity index (χ4n) is 0.653. The molecule has 0 heterocycles. The first-order valence-electron chi connectivity index (χ1n) is 3.53. The molecule has 0 aromatic heterocycles. The highest BCUT2D eigenvalue weighted by atomic mass is 32.1. The molecule has 0 saturated carbocycles. The van der Waals surface area contributed by atoms with Crippen molar-refractivity contribution < 1.29 is 0 Å². The largest absolute Gasteiger partial charge is 0.786 e. The van der Waals surface area contributed by atoms with Gasteiger partial charge in [0.25, 0.3) is 0 Å². The van der Waals surface area contributed by atoms with Gasteiger partial charge in [-0.15, -0.1) is 0 Å². The van der Waals surface area contributed by atoms with Crippen molar-refractivity contribution in [3.05, 3.63) is 0 Å². The Balaban J connectivity index is 3.33. The summed E-state index contributed by atoms with van der Waals surface area (Å²) in [5.41, 5.74) is 5.34. The van der Waals surface area contributed by atoms with E-state index in [0.717, 1.165) is 25.8 Å². The minimum atomic E-state index is 0.0966. The zero-order valence-electron chi connectivity index (χ0n) is 6.31. The molecule has 0 aromatic carbocycles. The predicted octanol–water partition coefficient (Wildman–Crippen LogP) is 1.44. The lowest BCUT2D eigenvalue weighted by Gasteiger charge is -2.35. The molecule has 0 saturated heterocycles. The van der Waals surface area contributed by atoms with Gasteiger partial charge in [-0.05, 0) is 13.0 Å². The Labute approximate surface area is 63.4 Å². The van der Waals surface area contributed by atoms with Crippen LogP contribution in [-0.2, 0) is 12.6 Å². The zero-order chi connectivity index (χ0) is 7.33. The third kappa shape index (κ3) is 4.79. The van der Waals surface area contributed by atoms with Gasteiger partial charge in [0.2, 0.25) is 0 Å². The minimum Gasteiger partial charge on any atom is -0.786 e. The van der Waals surface area contributed by atoms with Crippen LogP contribution in [0.5, 0.6) is 0 Å². The fraction of sp³-hybridized carbons (Fsp3) is 1.00. The van der Waals surface area contributed by atoms with Crippen molar-refractivity contribution in [2.45, 2.75) is 37.9 Å². The van der Waals surface area contributed by atoms with E-state index in [-0.39, 0.29) is 4.75 Å². The summed E-state index contributed by atoms with van der Waals surface area (Å²) in [4.78, 5) is 0. The minimum absolute atomic E-state index is 0.0966. The zero-order valence-corrected chi connectivity index (χ0v) is 7.13. The first-order valence-corrected chi connectivity index (χ1v) is 3.93. The Morgan fingerprint density at radius 2 is 2.11 bits per heavy atom. The van der Waals surface area contributed by atoms with Crippen LogP contribution in [0.3, 0.4) is 0 Å². The van der Waals surface area contributed by atoms with Gasteiger partial charge in [0.1, 0.15) is 0 Å². The summed E-state index contributed by atoms with van der Waals surface area (Å²) in [6.07, 6.45) is 3.21. The van der Waals surface area contributed by atoms with Gasteiger partial charge in [0.05, 0.1) is 0 Å². The van der Waals surface area contributed by atoms with Crippen LogP contribution in [0.4, 0.5) is 0 Å². The van der Waals surface area contributed by atoms with Gasteiger partial charge in [-0.3, -0.25) is 0 Å². The average molecular weight is 146 g/mol. The van der Waals surface area contributed by atoms with Gasteiger partial charge in [-0.2, -0.15) is 4.75 Å². The van der Waals surface area contributed by atoms with E-state index in [0.29, 0.717) is 0 Å². The lowest BCUT2D eigenvalue weighted by Crippen LogP contribution is -2.20. The van der Waals surface area contributed by atoms with E-state index in [1.54, 1.807) is 0 Å². The summed E-state index contributed by atoms with van der Waals surface area (Å²) < 4.78 is 0.0966. The molecule has 2 heteroatoms. The molecular weight excluding hydrogens is 130 g/mol. The van der Waals surface area contributed by atoms with E-state index < -0.39 is 0 Å². The van der Waals surface area contributed by atoms with E-state index in [4.69, 9.17) is 18.4 Å². The first kappa shape index (κ1) is 9.31. The Morgan fingerprint density at radius 3 is 2.44 bits per heavy atom. The topological polar surface area (TPSA) is 26.0 Å². The standard InChI is InChI=1S/C7H17NS/c1-3-7(2,9)5-4-6-8/h9H,3-6,8H2,1-2H3/p-1. The van der Waals surface area contributed by atoms with E-state index in [2.05, 4.69) is 13.8 Å². The third-order valence-electron chi connectivity index (χ3n) is 1.66. The third-order valence-corrected chi connectivity index (χ3v) is 2.15. The number of hydrogen-bond acceptors (Lipinski definition) is 2. The molecule has 0 fully saturated rings. The molecule has 0 radical (unpaired) electrons. The van der Waals surface area contributed by atoms with E-state index >= 15 is 0 Å². The lowest BCUT2D eigenvalue weighted by atomic mass is 10.0. The summed E-state index contributed by atoms with van der Waals surface area (Å²) in [6.45, 7) is 5.01. The first-order chi connectivity index (χ1) is 4.12. The van der Waals surface area contributed by atoms with Crippen molar-refractivity contribution in [2.24, 2.45) is 5.73 Å². The molecular formula is C7H16NS-. The van der Waals surface area contributed by atoms with Crippen molar-refractivity contribution in [3.63, 3.8) is 0 Å². The fourth-order valence-corrected chi connectivity index (χ4v) is 0.797. The highest BCUT2D eigenvalue weighted by molar-refractivity contribution is 7.60. The molecule has 1 unspecified atom stereocenters. The second-order valence-corrected chi connectivity index (χ2v) is 3.68. The van der Waals surface area contributed by atoms with E-state index in [1.165, 1.54) is 0 Å². The molecule has 0 amide bonds. The van der Waals surface area contributed by atoms with Crippen LogP contribution in [-0.4, -0.2) is 11.3 Å².